The van der Waals surface area contributed by atoms with Crippen LogP contribution in [0, 0.1) is 18.8 Å². The van der Waals surface area contributed by atoms with E-state index in [0.717, 1.165) is 18.7 Å². The van der Waals surface area contributed by atoms with Crippen LogP contribution in [0.25, 0.3) is 0 Å². The number of amides is 1. The molecule has 1 amide bonds. The molecule has 0 saturated heterocycles. The van der Waals surface area contributed by atoms with Crippen molar-refractivity contribution in [2.45, 2.75) is 92.4 Å². The highest BCUT2D eigenvalue weighted by Crippen LogP contribution is 2.14. The number of fused-ring (bicyclic) bond motifs is 1. The molecule has 0 saturated carbocycles. The van der Waals surface area contributed by atoms with Crippen molar-refractivity contribution >= 4 is 5.91 Å². The van der Waals surface area contributed by atoms with Gasteiger partial charge < -0.3 is 9.88 Å². The summed E-state index contributed by atoms with van der Waals surface area (Å²) in [5, 5.41) is 7.58. The molecule has 0 bridgehead atoms. The van der Waals surface area contributed by atoms with Gasteiger partial charge >= 0.3 is 5.69 Å². The van der Waals surface area contributed by atoms with E-state index in [1.165, 1.54) is 0 Å². The number of hydrogen-bond donors (Lipinski definition) is 1. The summed E-state index contributed by atoms with van der Waals surface area (Å²) < 4.78 is 4.94. The van der Waals surface area contributed by atoms with Crippen molar-refractivity contribution < 1.29 is 4.79 Å². The number of hydrogen-bond acceptors (Lipinski definition) is 4. The van der Waals surface area contributed by atoms with Gasteiger partial charge in [-0.2, -0.15) is 5.10 Å². The van der Waals surface area contributed by atoms with Gasteiger partial charge in [0.1, 0.15) is 11.4 Å². The van der Waals surface area contributed by atoms with E-state index in [1.807, 2.05) is 6.07 Å². The van der Waals surface area contributed by atoms with Crippen LogP contribution in [0.4, 0.5) is 0 Å². The highest BCUT2D eigenvalue weighted by molar-refractivity contribution is 5.95. The molecular formula is C24H37N5O3. The Labute approximate surface area is 189 Å². The predicted molar refractivity (Wildman–Crippen MR) is 125 cm³/mol. The number of nitrogens with zero attached hydrogens (tertiary/aromatic N) is 4. The molecule has 8 heteroatoms. The number of aryl methyl sites for hydroxylation is 4. The first-order chi connectivity index (χ1) is 15.2. The molecular weight excluding hydrogens is 406 g/mol. The van der Waals surface area contributed by atoms with E-state index < -0.39 is 0 Å². The Morgan fingerprint density at radius 2 is 1.81 bits per heavy atom. The molecule has 1 aliphatic rings. The number of carbonyl (C=O) groups excluding carboxylic acids is 1. The highest BCUT2D eigenvalue weighted by atomic mass is 16.2. The van der Waals surface area contributed by atoms with Gasteiger partial charge in [0.2, 0.25) is 0 Å². The van der Waals surface area contributed by atoms with Crippen LogP contribution in [0.5, 0.6) is 0 Å². The third-order valence-electron chi connectivity index (χ3n) is 6.22. The molecule has 32 heavy (non-hydrogen) atoms. The molecule has 3 heterocycles. The summed E-state index contributed by atoms with van der Waals surface area (Å²) in [7, 11) is 0. The van der Waals surface area contributed by atoms with Gasteiger partial charge in [-0.1, -0.05) is 27.7 Å². The van der Waals surface area contributed by atoms with Crippen molar-refractivity contribution in [2.75, 3.05) is 0 Å². The van der Waals surface area contributed by atoms with Crippen LogP contribution in [-0.4, -0.2) is 30.9 Å². The summed E-state index contributed by atoms with van der Waals surface area (Å²) in [5.41, 5.74) is 0.592. The van der Waals surface area contributed by atoms with E-state index in [-0.39, 0.29) is 28.8 Å². The molecule has 0 radical (unpaired) electrons. The first-order valence-corrected chi connectivity index (χ1v) is 11.8. The third-order valence-corrected chi connectivity index (χ3v) is 6.22. The Hall–Kier alpha value is -2.64. The van der Waals surface area contributed by atoms with E-state index in [1.54, 1.807) is 26.9 Å². The van der Waals surface area contributed by atoms with Crippen molar-refractivity contribution in [3.05, 3.63) is 50.1 Å². The smallest absolute Gasteiger partial charge is 0.345 e. The number of aromatic nitrogens is 4. The lowest BCUT2D eigenvalue weighted by Crippen LogP contribution is -2.40. The zero-order chi connectivity index (χ0) is 23.4. The van der Waals surface area contributed by atoms with Crippen LogP contribution >= 0.6 is 0 Å². The van der Waals surface area contributed by atoms with E-state index in [4.69, 9.17) is 0 Å². The van der Waals surface area contributed by atoms with E-state index in [0.29, 0.717) is 56.3 Å². The van der Waals surface area contributed by atoms with Gasteiger partial charge in [-0.25, -0.2) is 9.48 Å². The molecule has 2 aromatic rings. The minimum absolute atomic E-state index is 0.0698. The van der Waals surface area contributed by atoms with Crippen molar-refractivity contribution in [3.63, 3.8) is 0 Å². The fraction of sp³-hybridized carbons (Fsp3) is 0.667. The average molecular weight is 444 g/mol. The predicted octanol–water partition coefficient (Wildman–Crippen LogP) is 2.74. The average Bonchev–Trinajstić information content (AvgIpc) is 2.88. The second-order valence-corrected chi connectivity index (χ2v) is 9.81. The Balaban J connectivity index is 1.68. The van der Waals surface area contributed by atoms with Crippen molar-refractivity contribution in [3.8, 4) is 0 Å². The Morgan fingerprint density at radius 1 is 1.12 bits per heavy atom. The Morgan fingerprint density at radius 3 is 2.50 bits per heavy atom. The van der Waals surface area contributed by atoms with Gasteiger partial charge in [-0.05, 0) is 56.1 Å². The van der Waals surface area contributed by atoms with Crippen molar-refractivity contribution in [2.24, 2.45) is 11.8 Å². The zero-order valence-corrected chi connectivity index (χ0v) is 20.1. The molecule has 1 unspecified atom stereocenters. The summed E-state index contributed by atoms with van der Waals surface area (Å²) in [6.07, 6.45) is 5.53. The Bertz CT molecular complexity index is 1060. The lowest BCUT2D eigenvalue weighted by atomic mass is 10.1. The molecule has 0 aliphatic carbocycles. The summed E-state index contributed by atoms with van der Waals surface area (Å²) in [4.78, 5) is 38.6. The lowest BCUT2D eigenvalue weighted by molar-refractivity contribution is 0.0930. The van der Waals surface area contributed by atoms with Crippen LogP contribution in [0.15, 0.2) is 21.9 Å². The molecule has 0 fully saturated rings. The van der Waals surface area contributed by atoms with Gasteiger partial charge in [0.15, 0.2) is 0 Å². The molecule has 8 nitrogen and oxygen atoms in total. The maximum Gasteiger partial charge on any atom is 0.345 e. The zero-order valence-electron chi connectivity index (χ0n) is 20.1. The normalized spacial score (nSPS) is 16.3. The van der Waals surface area contributed by atoms with E-state index >= 15 is 0 Å². The maximum atomic E-state index is 13.0. The minimum Gasteiger partial charge on any atom is -0.349 e. The molecule has 1 atom stereocenters. The topological polar surface area (TPSA) is 90.9 Å². The first-order valence-electron chi connectivity index (χ1n) is 11.8. The van der Waals surface area contributed by atoms with Crippen molar-refractivity contribution in [1.29, 1.82) is 0 Å². The largest absolute Gasteiger partial charge is 0.349 e. The summed E-state index contributed by atoms with van der Waals surface area (Å²) in [5.74, 6) is 1.44. The number of rotatable bonds is 8. The Kier molecular flexibility index (Phi) is 7.74. The molecule has 2 aromatic heterocycles. The molecule has 0 aromatic carbocycles. The number of nitrogens with one attached hydrogen (secondary N) is 1. The second-order valence-electron chi connectivity index (χ2n) is 9.81. The quantitative estimate of drug-likeness (QED) is 0.679. The van der Waals surface area contributed by atoms with Crippen molar-refractivity contribution in [1.82, 2.24) is 24.2 Å². The standard InChI is InChI=1S/C24H37N5O3/c1-16(2)8-12-27-13-10-18(5)21(23(27)31)22(30)25-19-6-7-20-26-29(15-9-17(3)4)24(32)28(20)14-11-19/h10,13,16-17,19H,6-9,11-12,14-15H2,1-5H3,(H,25,30). The lowest BCUT2D eigenvalue weighted by Gasteiger charge is -2.17. The van der Waals surface area contributed by atoms with Crippen LogP contribution in [0.3, 0.4) is 0 Å². The number of pyridine rings is 1. The fourth-order valence-corrected chi connectivity index (χ4v) is 4.07. The summed E-state index contributed by atoms with van der Waals surface area (Å²) in [6.45, 7) is 12.0. The first kappa shape index (κ1) is 24.0. The van der Waals surface area contributed by atoms with Gasteiger partial charge in [0, 0.05) is 38.3 Å². The molecule has 1 N–H and O–H groups in total. The third kappa shape index (κ3) is 5.58. The van der Waals surface area contributed by atoms with Gasteiger partial charge in [0.25, 0.3) is 11.5 Å². The molecule has 3 rings (SSSR count). The maximum absolute atomic E-state index is 13.0. The second kappa shape index (κ2) is 10.3. The minimum atomic E-state index is -0.328. The number of carbonyl (C=O) groups is 1. The van der Waals surface area contributed by atoms with Crippen LogP contribution in [0.1, 0.15) is 75.1 Å². The van der Waals surface area contributed by atoms with E-state index in [2.05, 4.69) is 38.1 Å². The van der Waals surface area contributed by atoms with Crippen LogP contribution in [0.2, 0.25) is 0 Å². The monoisotopic (exact) mass is 443 g/mol. The van der Waals surface area contributed by atoms with Gasteiger partial charge in [0.05, 0.1) is 0 Å². The van der Waals surface area contributed by atoms with Crippen LogP contribution < -0.4 is 16.6 Å². The SMILES string of the molecule is Cc1ccn(CCC(C)C)c(=O)c1C(=O)NC1CCc2nn(CCC(C)C)c(=O)n2CC1. The molecule has 176 valence electrons. The van der Waals surface area contributed by atoms with E-state index in [9.17, 15) is 14.4 Å². The molecule has 0 spiro atoms. The summed E-state index contributed by atoms with van der Waals surface area (Å²) in [6, 6.07) is 1.73. The summed E-state index contributed by atoms with van der Waals surface area (Å²) >= 11 is 0. The molecule has 1 aliphatic heterocycles. The fourth-order valence-electron chi connectivity index (χ4n) is 4.07. The van der Waals surface area contributed by atoms with Crippen LogP contribution in [-0.2, 0) is 26.1 Å². The van der Waals surface area contributed by atoms with Gasteiger partial charge in [-0.3, -0.25) is 14.2 Å². The highest BCUT2D eigenvalue weighted by Gasteiger charge is 2.24. The van der Waals surface area contributed by atoms with Gasteiger partial charge in [-0.15, -0.1) is 0 Å².